The molecule has 0 amide bonds. The summed E-state index contributed by atoms with van der Waals surface area (Å²) >= 11 is 0. The Bertz CT molecular complexity index is 525. The molecule has 2 rings (SSSR count). The van der Waals surface area contributed by atoms with E-state index in [0.717, 1.165) is 37.1 Å². The van der Waals surface area contributed by atoms with Crippen molar-refractivity contribution in [3.8, 4) is 0 Å². The third-order valence-corrected chi connectivity index (χ3v) is 4.97. The third-order valence-electron chi connectivity index (χ3n) is 3.45. The lowest BCUT2D eigenvalue weighted by atomic mass is 10.1. The normalized spacial score (nSPS) is 16.9. The summed E-state index contributed by atoms with van der Waals surface area (Å²) in [7, 11) is -3.38. The summed E-state index contributed by atoms with van der Waals surface area (Å²) in [5.74, 6) is 0. The van der Waals surface area contributed by atoms with Crippen molar-refractivity contribution in [2.45, 2.75) is 37.6 Å². The van der Waals surface area contributed by atoms with Gasteiger partial charge in [0.1, 0.15) is 0 Å². The second kappa shape index (κ2) is 6.70. The number of aryl methyl sites for hydroxylation is 2. The Hall–Kier alpha value is -0.620. The molecule has 0 aromatic heterocycles. The van der Waals surface area contributed by atoms with Gasteiger partial charge in [-0.1, -0.05) is 6.07 Å². The van der Waals surface area contributed by atoms with Gasteiger partial charge in [-0.2, -0.15) is 0 Å². The smallest absolute Gasteiger partial charge is 0.240 e. The van der Waals surface area contributed by atoms with Gasteiger partial charge in [-0.05, 0) is 63.0 Å². The number of nitrogens with one attached hydrogen (secondary N) is 2. The van der Waals surface area contributed by atoms with Crippen LogP contribution in [0.5, 0.6) is 0 Å². The molecule has 0 saturated carbocycles. The van der Waals surface area contributed by atoms with Crippen molar-refractivity contribution in [2.24, 2.45) is 0 Å². The molecule has 6 heteroatoms. The molecule has 0 atom stereocenters. The zero-order valence-electron chi connectivity index (χ0n) is 11.3. The number of halogens is 1. The van der Waals surface area contributed by atoms with Crippen molar-refractivity contribution < 1.29 is 8.42 Å². The van der Waals surface area contributed by atoms with Crippen LogP contribution < -0.4 is 10.0 Å². The van der Waals surface area contributed by atoms with Crippen molar-refractivity contribution in [2.75, 3.05) is 13.1 Å². The molecule has 4 nitrogen and oxygen atoms in total. The van der Waals surface area contributed by atoms with E-state index >= 15 is 0 Å². The SMILES string of the molecule is Cc1ccc(S(=O)(=O)NC2CCNCC2)cc1C.Cl. The summed E-state index contributed by atoms with van der Waals surface area (Å²) in [6.45, 7) is 5.66. The van der Waals surface area contributed by atoms with E-state index in [0.29, 0.717) is 4.90 Å². The second-order valence-corrected chi connectivity index (χ2v) is 6.61. The van der Waals surface area contributed by atoms with Gasteiger partial charge in [-0.3, -0.25) is 0 Å². The van der Waals surface area contributed by atoms with Gasteiger partial charge in [-0.25, -0.2) is 13.1 Å². The van der Waals surface area contributed by atoms with Gasteiger partial charge in [0.15, 0.2) is 0 Å². The van der Waals surface area contributed by atoms with E-state index in [1.807, 2.05) is 19.9 Å². The van der Waals surface area contributed by atoms with Crippen LogP contribution in [0, 0.1) is 13.8 Å². The minimum atomic E-state index is -3.38. The Labute approximate surface area is 121 Å². The Balaban J connectivity index is 0.00000180. The van der Waals surface area contributed by atoms with Crippen molar-refractivity contribution in [1.82, 2.24) is 10.0 Å². The lowest BCUT2D eigenvalue weighted by molar-refractivity contribution is 0.427. The van der Waals surface area contributed by atoms with Crippen LogP contribution in [-0.2, 0) is 10.0 Å². The fourth-order valence-electron chi connectivity index (χ4n) is 2.11. The molecular weight excluding hydrogens is 284 g/mol. The molecule has 0 aliphatic carbocycles. The highest BCUT2D eigenvalue weighted by Gasteiger charge is 2.21. The lowest BCUT2D eigenvalue weighted by Gasteiger charge is -2.23. The van der Waals surface area contributed by atoms with Gasteiger partial charge in [0.2, 0.25) is 10.0 Å². The van der Waals surface area contributed by atoms with Crippen molar-refractivity contribution >= 4 is 22.4 Å². The molecule has 1 aromatic rings. The Morgan fingerprint density at radius 1 is 1.16 bits per heavy atom. The van der Waals surface area contributed by atoms with Crippen LogP contribution in [0.25, 0.3) is 0 Å². The predicted octanol–water partition coefficient (Wildman–Crippen LogP) is 1.76. The van der Waals surface area contributed by atoms with E-state index in [-0.39, 0.29) is 18.4 Å². The van der Waals surface area contributed by atoms with Gasteiger partial charge >= 0.3 is 0 Å². The summed E-state index contributed by atoms with van der Waals surface area (Å²) < 4.78 is 27.3. The third kappa shape index (κ3) is 4.18. The number of hydrogen-bond acceptors (Lipinski definition) is 3. The standard InChI is InChI=1S/C13H20N2O2S.ClH/c1-10-3-4-13(9-11(10)2)18(16,17)15-12-5-7-14-8-6-12;/h3-4,9,12,14-15H,5-8H2,1-2H3;1H. The molecule has 0 unspecified atom stereocenters. The number of sulfonamides is 1. The van der Waals surface area contributed by atoms with Crippen LogP contribution in [-0.4, -0.2) is 27.5 Å². The minimum Gasteiger partial charge on any atom is -0.317 e. The van der Waals surface area contributed by atoms with Gasteiger partial charge in [0, 0.05) is 6.04 Å². The first-order valence-electron chi connectivity index (χ1n) is 6.29. The van der Waals surface area contributed by atoms with E-state index < -0.39 is 10.0 Å². The summed E-state index contributed by atoms with van der Waals surface area (Å²) in [5.41, 5.74) is 2.11. The summed E-state index contributed by atoms with van der Waals surface area (Å²) in [6, 6.07) is 5.31. The minimum absolute atomic E-state index is 0. The first-order chi connectivity index (χ1) is 8.49. The lowest BCUT2D eigenvalue weighted by Crippen LogP contribution is -2.42. The topological polar surface area (TPSA) is 58.2 Å². The summed E-state index contributed by atoms with van der Waals surface area (Å²) in [4.78, 5) is 0.365. The quantitative estimate of drug-likeness (QED) is 0.894. The molecule has 108 valence electrons. The molecule has 1 aliphatic rings. The molecular formula is C13H21ClN2O2S. The number of piperidine rings is 1. The molecule has 1 saturated heterocycles. The first-order valence-corrected chi connectivity index (χ1v) is 7.78. The van der Waals surface area contributed by atoms with Crippen LogP contribution in [0.1, 0.15) is 24.0 Å². The number of benzene rings is 1. The molecule has 0 bridgehead atoms. The van der Waals surface area contributed by atoms with Crippen LogP contribution >= 0.6 is 12.4 Å². The predicted molar refractivity (Wildman–Crippen MR) is 79.4 cm³/mol. The average Bonchev–Trinajstić information content (AvgIpc) is 2.33. The Kier molecular flexibility index (Phi) is 5.80. The fraction of sp³-hybridized carbons (Fsp3) is 0.538. The molecule has 2 N–H and O–H groups in total. The fourth-order valence-corrected chi connectivity index (χ4v) is 3.50. The van der Waals surface area contributed by atoms with Crippen molar-refractivity contribution in [3.63, 3.8) is 0 Å². The van der Waals surface area contributed by atoms with Gasteiger partial charge in [-0.15, -0.1) is 12.4 Å². The van der Waals surface area contributed by atoms with E-state index in [9.17, 15) is 8.42 Å². The highest BCUT2D eigenvalue weighted by molar-refractivity contribution is 7.89. The molecule has 1 fully saturated rings. The van der Waals surface area contributed by atoms with Gasteiger partial charge in [0.05, 0.1) is 4.90 Å². The van der Waals surface area contributed by atoms with Crippen LogP contribution in [0.2, 0.25) is 0 Å². The number of hydrogen-bond donors (Lipinski definition) is 2. The van der Waals surface area contributed by atoms with E-state index in [1.165, 1.54) is 0 Å². The van der Waals surface area contributed by atoms with Crippen LogP contribution in [0.3, 0.4) is 0 Å². The van der Waals surface area contributed by atoms with Crippen LogP contribution in [0.4, 0.5) is 0 Å². The molecule has 1 heterocycles. The summed E-state index contributed by atoms with van der Waals surface area (Å²) in [5, 5.41) is 3.22. The maximum atomic E-state index is 12.2. The second-order valence-electron chi connectivity index (χ2n) is 4.89. The highest BCUT2D eigenvalue weighted by atomic mass is 35.5. The molecule has 19 heavy (non-hydrogen) atoms. The molecule has 1 aliphatic heterocycles. The maximum Gasteiger partial charge on any atom is 0.240 e. The monoisotopic (exact) mass is 304 g/mol. The maximum absolute atomic E-state index is 12.2. The number of rotatable bonds is 3. The highest BCUT2D eigenvalue weighted by Crippen LogP contribution is 2.16. The first kappa shape index (κ1) is 16.4. The molecule has 1 aromatic carbocycles. The van der Waals surface area contributed by atoms with E-state index in [4.69, 9.17) is 0 Å². The Morgan fingerprint density at radius 2 is 1.79 bits per heavy atom. The van der Waals surface area contributed by atoms with Crippen LogP contribution in [0.15, 0.2) is 23.1 Å². The zero-order valence-corrected chi connectivity index (χ0v) is 12.9. The molecule has 0 radical (unpaired) electrons. The van der Waals surface area contributed by atoms with Crippen molar-refractivity contribution in [1.29, 1.82) is 0 Å². The zero-order chi connectivity index (χ0) is 13.2. The summed E-state index contributed by atoms with van der Waals surface area (Å²) in [6.07, 6.45) is 1.70. The molecule has 0 spiro atoms. The average molecular weight is 305 g/mol. The van der Waals surface area contributed by atoms with E-state index in [1.54, 1.807) is 12.1 Å². The van der Waals surface area contributed by atoms with Gasteiger partial charge in [0.25, 0.3) is 0 Å². The largest absolute Gasteiger partial charge is 0.317 e. The van der Waals surface area contributed by atoms with Gasteiger partial charge < -0.3 is 5.32 Å². The van der Waals surface area contributed by atoms with Crippen molar-refractivity contribution in [3.05, 3.63) is 29.3 Å². The van der Waals surface area contributed by atoms with E-state index in [2.05, 4.69) is 10.0 Å². The Morgan fingerprint density at radius 3 is 2.37 bits per heavy atom.